The first-order valence-electron chi connectivity index (χ1n) is 9.64. The number of sulfonamides is 1. The van der Waals surface area contributed by atoms with Gasteiger partial charge >= 0.3 is 0 Å². The Morgan fingerprint density at radius 3 is 2.00 bits per heavy atom. The van der Waals surface area contributed by atoms with Crippen LogP contribution in [0, 0.1) is 0 Å². The normalized spacial score (nSPS) is 20.7. The summed E-state index contributed by atoms with van der Waals surface area (Å²) in [5.74, 6) is 0.00686. The van der Waals surface area contributed by atoms with E-state index in [9.17, 15) is 13.2 Å². The first kappa shape index (κ1) is 19.3. The summed E-state index contributed by atoms with van der Waals surface area (Å²) in [7, 11) is -3.49. The van der Waals surface area contributed by atoms with Gasteiger partial charge in [0.15, 0.2) is 0 Å². The van der Waals surface area contributed by atoms with Crippen LogP contribution in [0.1, 0.15) is 43.0 Å². The molecule has 3 rings (SSSR count). The largest absolute Gasteiger partial charge is 0.339 e. The number of amides is 1. The Bertz CT molecular complexity index is 702. The summed E-state index contributed by atoms with van der Waals surface area (Å²) in [6, 6.07) is 6.46. The topological polar surface area (TPSA) is 60.9 Å². The number of rotatable bonds is 4. The summed E-state index contributed by atoms with van der Waals surface area (Å²) < 4.78 is 27.2. The Labute approximate surface area is 156 Å². The average molecular weight is 380 g/mol. The van der Waals surface area contributed by atoms with Crippen LogP contribution in [0.5, 0.6) is 0 Å². The van der Waals surface area contributed by atoms with Crippen molar-refractivity contribution < 1.29 is 13.2 Å². The fourth-order valence-electron chi connectivity index (χ4n) is 3.66. The summed E-state index contributed by atoms with van der Waals surface area (Å²) in [6.45, 7) is 7.18. The van der Waals surface area contributed by atoms with E-state index in [1.54, 1.807) is 28.6 Å². The van der Waals surface area contributed by atoms with Crippen LogP contribution >= 0.6 is 0 Å². The van der Waals surface area contributed by atoms with E-state index in [0.29, 0.717) is 18.7 Å². The van der Waals surface area contributed by atoms with Crippen molar-refractivity contribution in [2.24, 2.45) is 0 Å². The zero-order valence-corrected chi connectivity index (χ0v) is 16.4. The summed E-state index contributed by atoms with van der Waals surface area (Å²) >= 11 is 0. The van der Waals surface area contributed by atoms with Crippen molar-refractivity contribution in [3.05, 3.63) is 29.8 Å². The van der Waals surface area contributed by atoms with Crippen molar-refractivity contribution in [3.63, 3.8) is 0 Å². The maximum Gasteiger partial charge on any atom is 0.253 e. The fraction of sp³-hybridized carbons (Fsp3) is 0.632. The van der Waals surface area contributed by atoms with Gasteiger partial charge in [-0.05, 0) is 43.7 Å². The average Bonchev–Trinajstić information content (AvgIpc) is 2.97. The Morgan fingerprint density at radius 2 is 1.46 bits per heavy atom. The van der Waals surface area contributed by atoms with Crippen LogP contribution in [0.2, 0.25) is 0 Å². The molecule has 6 nitrogen and oxygen atoms in total. The molecule has 2 fully saturated rings. The van der Waals surface area contributed by atoms with E-state index in [-0.39, 0.29) is 10.8 Å². The molecule has 0 saturated carbocycles. The zero-order valence-electron chi connectivity index (χ0n) is 15.6. The third kappa shape index (κ3) is 4.27. The van der Waals surface area contributed by atoms with Crippen molar-refractivity contribution in [2.45, 2.75) is 37.5 Å². The first-order chi connectivity index (χ1) is 12.5. The highest BCUT2D eigenvalue weighted by atomic mass is 32.2. The molecule has 2 aliphatic rings. The van der Waals surface area contributed by atoms with Gasteiger partial charge in [0.1, 0.15) is 0 Å². The maximum absolute atomic E-state index is 12.8. The molecule has 0 aliphatic carbocycles. The molecule has 2 saturated heterocycles. The third-order valence-corrected chi connectivity index (χ3v) is 7.32. The summed E-state index contributed by atoms with van der Waals surface area (Å²) in [4.78, 5) is 17.1. The van der Waals surface area contributed by atoms with Crippen molar-refractivity contribution >= 4 is 15.9 Å². The molecule has 0 unspecified atom stereocenters. The van der Waals surface area contributed by atoms with E-state index in [1.807, 2.05) is 4.90 Å². The minimum Gasteiger partial charge on any atom is -0.339 e. The molecule has 2 aliphatic heterocycles. The van der Waals surface area contributed by atoms with Crippen molar-refractivity contribution in [3.8, 4) is 0 Å². The number of benzene rings is 1. The number of nitrogens with zero attached hydrogens (tertiary/aromatic N) is 3. The van der Waals surface area contributed by atoms with Crippen LogP contribution in [0.15, 0.2) is 29.2 Å². The lowest BCUT2D eigenvalue weighted by Crippen LogP contribution is -2.48. The number of carbonyl (C=O) groups is 1. The molecule has 1 amide bonds. The van der Waals surface area contributed by atoms with Gasteiger partial charge in [0.2, 0.25) is 10.0 Å². The Kier molecular flexibility index (Phi) is 6.32. The molecule has 144 valence electrons. The number of likely N-dealkylation sites (tertiary alicyclic amines) is 1. The van der Waals surface area contributed by atoms with Gasteiger partial charge in [-0.15, -0.1) is 0 Å². The van der Waals surface area contributed by atoms with Crippen LogP contribution in [0.3, 0.4) is 0 Å². The molecule has 0 spiro atoms. The molecule has 0 aromatic heterocycles. The van der Waals surface area contributed by atoms with Crippen LogP contribution in [-0.4, -0.2) is 74.2 Å². The molecular weight excluding hydrogens is 350 g/mol. The van der Waals surface area contributed by atoms with Crippen molar-refractivity contribution in [2.75, 3.05) is 45.8 Å². The number of hydrogen-bond donors (Lipinski definition) is 0. The minimum absolute atomic E-state index is 0.00686. The molecule has 1 aromatic rings. The molecule has 0 bridgehead atoms. The lowest BCUT2D eigenvalue weighted by Gasteiger charge is -2.33. The van der Waals surface area contributed by atoms with Crippen LogP contribution in [0.25, 0.3) is 0 Å². The highest BCUT2D eigenvalue weighted by molar-refractivity contribution is 7.89. The van der Waals surface area contributed by atoms with Gasteiger partial charge in [-0.1, -0.05) is 19.8 Å². The second-order valence-electron chi connectivity index (χ2n) is 7.07. The number of piperazine rings is 1. The lowest BCUT2D eigenvalue weighted by atomic mass is 10.2. The second-order valence-corrected chi connectivity index (χ2v) is 9.01. The van der Waals surface area contributed by atoms with Gasteiger partial charge in [-0.2, -0.15) is 4.31 Å². The zero-order chi connectivity index (χ0) is 18.6. The van der Waals surface area contributed by atoms with Crippen molar-refractivity contribution in [1.29, 1.82) is 0 Å². The summed E-state index contributed by atoms with van der Waals surface area (Å²) in [5.41, 5.74) is 0.571. The van der Waals surface area contributed by atoms with Gasteiger partial charge in [0, 0.05) is 44.8 Å². The minimum atomic E-state index is -3.49. The van der Waals surface area contributed by atoms with E-state index in [0.717, 1.165) is 45.6 Å². The molecule has 0 N–H and O–H groups in total. The second kappa shape index (κ2) is 8.50. The molecule has 7 heteroatoms. The maximum atomic E-state index is 12.8. The van der Waals surface area contributed by atoms with Gasteiger partial charge in [-0.3, -0.25) is 4.79 Å². The van der Waals surface area contributed by atoms with E-state index in [4.69, 9.17) is 0 Å². The predicted octanol–water partition coefficient (Wildman–Crippen LogP) is 2.03. The van der Waals surface area contributed by atoms with Gasteiger partial charge in [0.25, 0.3) is 5.91 Å². The SMILES string of the molecule is CCN1CCN(S(=O)(=O)c2ccc(C(=O)N3CCCCCC3)cc2)CC1. The highest BCUT2D eigenvalue weighted by Crippen LogP contribution is 2.20. The molecule has 0 radical (unpaired) electrons. The van der Waals surface area contributed by atoms with E-state index in [2.05, 4.69) is 11.8 Å². The molecule has 26 heavy (non-hydrogen) atoms. The van der Waals surface area contributed by atoms with Crippen LogP contribution in [0.4, 0.5) is 0 Å². The summed E-state index contributed by atoms with van der Waals surface area (Å²) in [6.07, 6.45) is 4.43. The lowest BCUT2D eigenvalue weighted by molar-refractivity contribution is 0.0761. The molecule has 0 atom stereocenters. The summed E-state index contributed by atoms with van der Waals surface area (Å²) in [5, 5.41) is 0. The number of hydrogen-bond acceptors (Lipinski definition) is 4. The smallest absolute Gasteiger partial charge is 0.253 e. The van der Waals surface area contributed by atoms with Crippen molar-refractivity contribution in [1.82, 2.24) is 14.1 Å². The first-order valence-corrected chi connectivity index (χ1v) is 11.1. The Morgan fingerprint density at radius 1 is 0.885 bits per heavy atom. The predicted molar refractivity (Wildman–Crippen MR) is 102 cm³/mol. The number of carbonyl (C=O) groups excluding carboxylic acids is 1. The molecular formula is C19H29N3O3S. The van der Waals surface area contributed by atoms with Gasteiger partial charge < -0.3 is 9.80 Å². The van der Waals surface area contributed by atoms with E-state index >= 15 is 0 Å². The third-order valence-electron chi connectivity index (χ3n) is 5.41. The monoisotopic (exact) mass is 379 g/mol. The van der Waals surface area contributed by atoms with E-state index < -0.39 is 10.0 Å². The Hall–Kier alpha value is -1.44. The van der Waals surface area contributed by atoms with Crippen LogP contribution < -0.4 is 0 Å². The van der Waals surface area contributed by atoms with Gasteiger partial charge in [0.05, 0.1) is 4.90 Å². The highest BCUT2D eigenvalue weighted by Gasteiger charge is 2.28. The standard InChI is InChI=1S/C19H29N3O3S/c1-2-20-13-15-22(16-14-20)26(24,25)18-9-7-17(8-10-18)19(23)21-11-5-3-4-6-12-21/h7-10H,2-6,11-16H2,1H3. The van der Waals surface area contributed by atoms with E-state index in [1.165, 1.54) is 12.8 Å². The molecule has 1 aromatic carbocycles. The number of likely N-dealkylation sites (N-methyl/N-ethyl adjacent to an activating group) is 1. The Balaban J connectivity index is 1.69. The van der Waals surface area contributed by atoms with Crippen LogP contribution in [-0.2, 0) is 10.0 Å². The molecule has 2 heterocycles. The fourth-order valence-corrected chi connectivity index (χ4v) is 5.08. The quantitative estimate of drug-likeness (QED) is 0.803. The van der Waals surface area contributed by atoms with Gasteiger partial charge in [-0.25, -0.2) is 8.42 Å².